The summed E-state index contributed by atoms with van der Waals surface area (Å²) in [4.78, 5) is 11.2. The van der Waals surface area contributed by atoms with Crippen molar-refractivity contribution in [3.8, 4) is 0 Å². The Bertz CT molecular complexity index is 359. The highest BCUT2D eigenvalue weighted by atomic mass is 16.5. The van der Waals surface area contributed by atoms with Crippen molar-refractivity contribution < 1.29 is 9.53 Å². The van der Waals surface area contributed by atoms with Crippen molar-refractivity contribution in [3.05, 3.63) is 34.9 Å². The van der Waals surface area contributed by atoms with Gasteiger partial charge in [0.25, 0.3) is 0 Å². The van der Waals surface area contributed by atoms with Gasteiger partial charge in [0.15, 0.2) is 0 Å². The third-order valence-corrected chi connectivity index (χ3v) is 2.25. The molecular weight excluding hydrogens is 190 g/mol. The molecule has 1 aromatic rings. The lowest BCUT2D eigenvalue weighted by atomic mass is 10.1. The van der Waals surface area contributed by atoms with Crippen LogP contribution in [0, 0.1) is 13.8 Å². The summed E-state index contributed by atoms with van der Waals surface area (Å²) in [6.07, 6.45) is 0. The van der Waals surface area contributed by atoms with Gasteiger partial charge in [-0.15, -0.1) is 0 Å². The molecule has 0 fully saturated rings. The molecule has 0 radical (unpaired) electrons. The van der Waals surface area contributed by atoms with Crippen molar-refractivity contribution in [1.29, 1.82) is 0 Å². The zero-order valence-corrected chi connectivity index (χ0v) is 9.41. The monoisotopic (exact) mass is 207 g/mol. The predicted molar refractivity (Wildman–Crippen MR) is 59.4 cm³/mol. The van der Waals surface area contributed by atoms with Crippen LogP contribution in [0.4, 0.5) is 0 Å². The first-order chi connectivity index (χ1) is 7.00. The SMILES string of the molecule is Cc1ccc(C)c(COC(=O)C(C)N)c1. The van der Waals surface area contributed by atoms with Gasteiger partial charge in [0.2, 0.25) is 0 Å². The third kappa shape index (κ3) is 3.36. The fourth-order valence-corrected chi connectivity index (χ4v) is 1.24. The van der Waals surface area contributed by atoms with Crippen LogP contribution in [-0.4, -0.2) is 12.0 Å². The van der Waals surface area contributed by atoms with Crippen LogP contribution >= 0.6 is 0 Å². The van der Waals surface area contributed by atoms with Crippen LogP contribution in [-0.2, 0) is 16.1 Å². The van der Waals surface area contributed by atoms with Crippen molar-refractivity contribution in [2.75, 3.05) is 0 Å². The predicted octanol–water partition coefficient (Wildman–Crippen LogP) is 1.69. The van der Waals surface area contributed by atoms with Crippen molar-refractivity contribution in [2.45, 2.75) is 33.4 Å². The van der Waals surface area contributed by atoms with Gasteiger partial charge in [-0.2, -0.15) is 0 Å². The molecule has 0 spiro atoms. The summed E-state index contributed by atoms with van der Waals surface area (Å²) < 4.78 is 5.06. The van der Waals surface area contributed by atoms with Gasteiger partial charge in [0, 0.05) is 0 Å². The minimum atomic E-state index is -0.560. The van der Waals surface area contributed by atoms with E-state index < -0.39 is 6.04 Å². The standard InChI is InChI=1S/C12H17NO2/c1-8-4-5-9(2)11(6-8)7-15-12(14)10(3)13/h4-6,10H,7,13H2,1-3H3. The van der Waals surface area contributed by atoms with E-state index in [0.717, 1.165) is 16.7 Å². The molecule has 0 bridgehead atoms. The van der Waals surface area contributed by atoms with Crippen LogP contribution in [0.5, 0.6) is 0 Å². The largest absolute Gasteiger partial charge is 0.460 e. The van der Waals surface area contributed by atoms with E-state index in [1.54, 1.807) is 6.92 Å². The van der Waals surface area contributed by atoms with Crippen molar-refractivity contribution >= 4 is 5.97 Å². The Kier molecular flexibility index (Phi) is 3.86. The Morgan fingerprint density at radius 1 is 1.47 bits per heavy atom. The molecule has 0 saturated carbocycles. The van der Waals surface area contributed by atoms with Crippen LogP contribution in [0.25, 0.3) is 0 Å². The quantitative estimate of drug-likeness (QED) is 0.767. The van der Waals surface area contributed by atoms with Crippen molar-refractivity contribution in [1.82, 2.24) is 0 Å². The van der Waals surface area contributed by atoms with Crippen molar-refractivity contribution in [3.63, 3.8) is 0 Å². The van der Waals surface area contributed by atoms with E-state index in [-0.39, 0.29) is 5.97 Å². The lowest BCUT2D eigenvalue weighted by Crippen LogP contribution is -2.28. The fourth-order valence-electron chi connectivity index (χ4n) is 1.24. The molecule has 0 aromatic heterocycles. The van der Waals surface area contributed by atoms with Crippen LogP contribution in [0.2, 0.25) is 0 Å². The first-order valence-corrected chi connectivity index (χ1v) is 4.99. The Hall–Kier alpha value is -1.35. The molecule has 0 heterocycles. The summed E-state index contributed by atoms with van der Waals surface area (Å²) in [5, 5.41) is 0. The van der Waals surface area contributed by atoms with E-state index in [4.69, 9.17) is 10.5 Å². The highest BCUT2D eigenvalue weighted by molar-refractivity contribution is 5.74. The van der Waals surface area contributed by atoms with E-state index in [2.05, 4.69) is 0 Å². The topological polar surface area (TPSA) is 52.3 Å². The van der Waals surface area contributed by atoms with Gasteiger partial charge in [-0.05, 0) is 31.9 Å². The smallest absolute Gasteiger partial charge is 0.322 e. The van der Waals surface area contributed by atoms with Crippen LogP contribution in [0.3, 0.4) is 0 Å². The first-order valence-electron chi connectivity index (χ1n) is 4.99. The maximum atomic E-state index is 11.2. The third-order valence-electron chi connectivity index (χ3n) is 2.25. The lowest BCUT2D eigenvalue weighted by Gasteiger charge is -2.09. The highest BCUT2D eigenvalue weighted by Crippen LogP contribution is 2.11. The summed E-state index contributed by atoms with van der Waals surface area (Å²) in [5.74, 6) is -0.365. The Morgan fingerprint density at radius 3 is 2.73 bits per heavy atom. The van der Waals surface area contributed by atoms with E-state index in [0.29, 0.717) is 6.61 Å². The molecule has 0 aliphatic carbocycles. The number of carbonyl (C=O) groups is 1. The number of nitrogens with two attached hydrogens (primary N) is 1. The van der Waals surface area contributed by atoms with Crippen LogP contribution in [0.15, 0.2) is 18.2 Å². The number of carbonyl (C=O) groups excluding carboxylic acids is 1. The molecule has 0 aliphatic heterocycles. The van der Waals surface area contributed by atoms with Gasteiger partial charge in [-0.3, -0.25) is 4.79 Å². The Balaban J connectivity index is 2.65. The lowest BCUT2D eigenvalue weighted by molar-refractivity contribution is -0.146. The Morgan fingerprint density at radius 2 is 2.13 bits per heavy atom. The first kappa shape index (κ1) is 11.7. The summed E-state index contributed by atoms with van der Waals surface area (Å²) in [6.45, 7) is 5.92. The summed E-state index contributed by atoms with van der Waals surface area (Å²) in [7, 11) is 0. The van der Waals surface area contributed by atoms with E-state index >= 15 is 0 Å². The number of hydrogen-bond donors (Lipinski definition) is 1. The number of ether oxygens (including phenoxy) is 1. The van der Waals surface area contributed by atoms with Gasteiger partial charge in [-0.25, -0.2) is 0 Å². The summed E-state index contributed by atoms with van der Waals surface area (Å²) in [6, 6.07) is 5.51. The molecule has 0 amide bonds. The molecule has 1 rings (SSSR count). The van der Waals surface area contributed by atoms with E-state index in [1.165, 1.54) is 0 Å². The second-order valence-electron chi connectivity index (χ2n) is 3.83. The van der Waals surface area contributed by atoms with Gasteiger partial charge in [-0.1, -0.05) is 23.8 Å². The van der Waals surface area contributed by atoms with Gasteiger partial charge in [0.05, 0.1) is 0 Å². The second kappa shape index (κ2) is 4.94. The zero-order chi connectivity index (χ0) is 11.4. The maximum Gasteiger partial charge on any atom is 0.322 e. The van der Waals surface area contributed by atoms with E-state index in [9.17, 15) is 4.79 Å². The zero-order valence-electron chi connectivity index (χ0n) is 9.41. The highest BCUT2D eigenvalue weighted by Gasteiger charge is 2.09. The minimum Gasteiger partial charge on any atom is -0.460 e. The second-order valence-corrected chi connectivity index (χ2v) is 3.83. The molecule has 0 aliphatic rings. The molecule has 15 heavy (non-hydrogen) atoms. The fraction of sp³-hybridized carbons (Fsp3) is 0.417. The molecular formula is C12H17NO2. The number of rotatable bonds is 3. The van der Waals surface area contributed by atoms with Gasteiger partial charge >= 0.3 is 5.97 Å². The molecule has 1 atom stereocenters. The van der Waals surface area contributed by atoms with Crippen LogP contribution in [0.1, 0.15) is 23.6 Å². The average Bonchev–Trinajstić information content (AvgIpc) is 2.18. The molecule has 1 unspecified atom stereocenters. The average molecular weight is 207 g/mol. The minimum absolute atomic E-state index is 0.299. The molecule has 0 saturated heterocycles. The summed E-state index contributed by atoms with van der Waals surface area (Å²) >= 11 is 0. The number of esters is 1. The van der Waals surface area contributed by atoms with Gasteiger partial charge in [0.1, 0.15) is 12.6 Å². The number of benzene rings is 1. The van der Waals surface area contributed by atoms with E-state index in [1.807, 2.05) is 32.0 Å². The van der Waals surface area contributed by atoms with Gasteiger partial charge < -0.3 is 10.5 Å². The Labute approximate surface area is 90.2 Å². The van der Waals surface area contributed by atoms with Crippen molar-refractivity contribution in [2.24, 2.45) is 5.73 Å². The maximum absolute atomic E-state index is 11.2. The number of aryl methyl sites for hydroxylation is 2. The molecule has 1 aromatic carbocycles. The normalized spacial score (nSPS) is 12.3. The molecule has 3 heteroatoms. The molecule has 2 N–H and O–H groups in total. The molecule has 3 nitrogen and oxygen atoms in total. The number of hydrogen-bond acceptors (Lipinski definition) is 3. The van der Waals surface area contributed by atoms with Crippen LogP contribution < -0.4 is 5.73 Å². The summed E-state index contributed by atoms with van der Waals surface area (Å²) in [5.41, 5.74) is 8.71. The molecule has 82 valence electrons.